The summed E-state index contributed by atoms with van der Waals surface area (Å²) < 4.78 is 15.7. The molecule has 1 aromatic heterocycles. The number of piperidine rings is 1. The molecule has 5 rings (SSSR count). The predicted octanol–water partition coefficient (Wildman–Crippen LogP) is 7.01. The lowest BCUT2D eigenvalue weighted by atomic mass is 9.69. The summed E-state index contributed by atoms with van der Waals surface area (Å²) in [6.45, 7) is 5.62. The second kappa shape index (κ2) is 9.55. The number of aryl methyl sites for hydroxylation is 1. The van der Waals surface area contributed by atoms with Gasteiger partial charge in [0.25, 0.3) is 11.8 Å². The van der Waals surface area contributed by atoms with Crippen LogP contribution in [-0.2, 0) is 5.41 Å². The number of halogens is 2. The average molecular weight is 503 g/mol. The largest absolute Gasteiger partial charge is 0.339 e. The molecule has 0 radical (unpaired) electrons. The Kier molecular flexibility index (Phi) is 6.44. The minimum Gasteiger partial charge on any atom is -0.339 e. The van der Waals surface area contributed by atoms with E-state index in [2.05, 4.69) is 38.1 Å². The standard InChI is InChI=1S/C30H28ClFN2O2/c1-3-30(25-10-6-4-8-20(25)2)14-16-33(17-15-30)28(35)24-19-34(27-18-21(31)12-13-22(24)27)29(36)23-9-5-7-11-26(23)32/h4-13,18-19H,3,14-17H2,1-2H3. The number of benzene rings is 3. The number of hydrogen-bond acceptors (Lipinski definition) is 2. The number of carbonyl (C=O) groups is 2. The van der Waals surface area contributed by atoms with Gasteiger partial charge in [-0.25, -0.2) is 4.39 Å². The number of amides is 1. The maximum atomic E-state index is 14.4. The van der Waals surface area contributed by atoms with Gasteiger partial charge in [-0.05, 0) is 67.0 Å². The van der Waals surface area contributed by atoms with Gasteiger partial charge in [-0.3, -0.25) is 14.2 Å². The molecule has 184 valence electrons. The molecule has 0 atom stereocenters. The monoisotopic (exact) mass is 502 g/mol. The van der Waals surface area contributed by atoms with E-state index < -0.39 is 11.7 Å². The fourth-order valence-electron chi connectivity index (χ4n) is 5.59. The van der Waals surface area contributed by atoms with Gasteiger partial charge < -0.3 is 4.90 Å². The van der Waals surface area contributed by atoms with Gasteiger partial charge in [0.15, 0.2) is 0 Å². The van der Waals surface area contributed by atoms with Crippen molar-refractivity contribution in [1.82, 2.24) is 9.47 Å². The van der Waals surface area contributed by atoms with E-state index in [1.165, 1.54) is 40.1 Å². The molecule has 0 unspecified atom stereocenters. The molecular weight excluding hydrogens is 475 g/mol. The Labute approximate surface area is 215 Å². The highest BCUT2D eigenvalue weighted by atomic mass is 35.5. The molecule has 0 aliphatic carbocycles. The molecule has 1 fully saturated rings. The second-order valence-corrected chi connectivity index (χ2v) is 10.0. The SMILES string of the molecule is CCC1(c2ccccc2C)CCN(C(=O)c2cn(C(=O)c3ccccc3F)c3cc(Cl)ccc23)CC1. The number of nitrogens with zero attached hydrogens (tertiary/aromatic N) is 2. The van der Waals surface area contributed by atoms with Gasteiger partial charge in [-0.2, -0.15) is 0 Å². The molecule has 36 heavy (non-hydrogen) atoms. The van der Waals surface area contributed by atoms with Gasteiger partial charge in [-0.15, -0.1) is 0 Å². The molecule has 1 amide bonds. The number of rotatable bonds is 4. The lowest BCUT2D eigenvalue weighted by Crippen LogP contribution is -2.45. The molecule has 0 bridgehead atoms. The van der Waals surface area contributed by atoms with Crippen LogP contribution in [0.15, 0.2) is 72.9 Å². The van der Waals surface area contributed by atoms with Crippen molar-refractivity contribution in [1.29, 1.82) is 0 Å². The van der Waals surface area contributed by atoms with Crippen molar-refractivity contribution < 1.29 is 14.0 Å². The zero-order chi connectivity index (χ0) is 25.4. The molecule has 4 aromatic rings. The molecule has 0 N–H and O–H groups in total. The van der Waals surface area contributed by atoms with Crippen molar-refractivity contribution in [2.75, 3.05) is 13.1 Å². The van der Waals surface area contributed by atoms with Gasteiger partial charge in [0.1, 0.15) is 5.82 Å². The van der Waals surface area contributed by atoms with Crippen LogP contribution in [0.25, 0.3) is 10.9 Å². The molecule has 6 heteroatoms. The van der Waals surface area contributed by atoms with E-state index in [1.807, 2.05) is 4.90 Å². The van der Waals surface area contributed by atoms with Crippen LogP contribution >= 0.6 is 11.6 Å². The zero-order valence-corrected chi connectivity index (χ0v) is 21.2. The normalized spacial score (nSPS) is 15.3. The highest BCUT2D eigenvalue weighted by Gasteiger charge is 2.37. The number of fused-ring (bicyclic) bond motifs is 1. The molecule has 1 saturated heterocycles. The van der Waals surface area contributed by atoms with Crippen molar-refractivity contribution in [3.05, 3.63) is 106 Å². The fraction of sp³-hybridized carbons (Fsp3) is 0.267. The third-order valence-electron chi connectivity index (χ3n) is 7.72. The molecule has 1 aliphatic heterocycles. The Morgan fingerprint density at radius 2 is 1.64 bits per heavy atom. The average Bonchev–Trinajstić information content (AvgIpc) is 3.27. The quantitative estimate of drug-likeness (QED) is 0.301. The minimum atomic E-state index is -0.609. The van der Waals surface area contributed by atoms with Crippen LogP contribution in [0.5, 0.6) is 0 Å². The number of hydrogen-bond donors (Lipinski definition) is 0. The summed E-state index contributed by atoms with van der Waals surface area (Å²) in [6, 6.07) is 19.4. The Bertz CT molecular complexity index is 1470. The Balaban J connectivity index is 1.47. The van der Waals surface area contributed by atoms with Crippen molar-refractivity contribution in [3.8, 4) is 0 Å². The van der Waals surface area contributed by atoms with Crippen LogP contribution < -0.4 is 0 Å². The minimum absolute atomic E-state index is 0.0461. The summed E-state index contributed by atoms with van der Waals surface area (Å²) in [6.07, 6.45) is 4.29. The summed E-state index contributed by atoms with van der Waals surface area (Å²) >= 11 is 6.23. The van der Waals surface area contributed by atoms with Gasteiger partial charge in [0, 0.05) is 29.7 Å². The van der Waals surface area contributed by atoms with E-state index in [0.717, 1.165) is 19.3 Å². The summed E-state index contributed by atoms with van der Waals surface area (Å²) in [5.74, 6) is -1.28. The van der Waals surface area contributed by atoms with E-state index in [9.17, 15) is 14.0 Å². The Morgan fingerprint density at radius 3 is 2.33 bits per heavy atom. The maximum absolute atomic E-state index is 14.4. The highest BCUT2D eigenvalue weighted by Crippen LogP contribution is 2.40. The Morgan fingerprint density at radius 1 is 0.944 bits per heavy atom. The summed E-state index contributed by atoms with van der Waals surface area (Å²) in [4.78, 5) is 28.9. The summed E-state index contributed by atoms with van der Waals surface area (Å²) in [7, 11) is 0. The summed E-state index contributed by atoms with van der Waals surface area (Å²) in [5, 5.41) is 1.06. The highest BCUT2D eigenvalue weighted by molar-refractivity contribution is 6.31. The van der Waals surface area contributed by atoms with Crippen LogP contribution in [-0.4, -0.2) is 34.4 Å². The molecule has 0 spiro atoms. The lowest BCUT2D eigenvalue weighted by Gasteiger charge is -2.42. The van der Waals surface area contributed by atoms with Crippen LogP contribution in [0, 0.1) is 12.7 Å². The van der Waals surface area contributed by atoms with E-state index >= 15 is 0 Å². The van der Waals surface area contributed by atoms with Gasteiger partial charge >= 0.3 is 0 Å². The topological polar surface area (TPSA) is 42.3 Å². The van der Waals surface area contributed by atoms with Crippen molar-refractivity contribution in [2.45, 2.75) is 38.5 Å². The molecule has 1 aliphatic rings. The van der Waals surface area contributed by atoms with Crippen molar-refractivity contribution in [3.63, 3.8) is 0 Å². The first-order chi connectivity index (χ1) is 17.3. The van der Waals surface area contributed by atoms with E-state index in [4.69, 9.17) is 11.6 Å². The van der Waals surface area contributed by atoms with Crippen LogP contribution in [0.1, 0.15) is 58.0 Å². The van der Waals surface area contributed by atoms with Gasteiger partial charge in [0.05, 0.1) is 16.6 Å². The maximum Gasteiger partial charge on any atom is 0.265 e. The first kappa shape index (κ1) is 24.3. The van der Waals surface area contributed by atoms with E-state index in [-0.39, 0.29) is 16.9 Å². The van der Waals surface area contributed by atoms with Crippen molar-refractivity contribution >= 4 is 34.3 Å². The van der Waals surface area contributed by atoms with Crippen LogP contribution in [0.2, 0.25) is 5.02 Å². The first-order valence-electron chi connectivity index (χ1n) is 12.3. The number of carbonyl (C=O) groups excluding carboxylic acids is 2. The number of likely N-dealkylation sites (tertiary alicyclic amines) is 1. The molecule has 4 nitrogen and oxygen atoms in total. The molecule has 2 heterocycles. The molecular formula is C30H28ClFN2O2. The molecule has 3 aromatic carbocycles. The third-order valence-corrected chi connectivity index (χ3v) is 7.96. The second-order valence-electron chi connectivity index (χ2n) is 9.60. The molecule has 0 saturated carbocycles. The van der Waals surface area contributed by atoms with Crippen LogP contribution in [0.4, 0.5) is 4.39 Å². The van der Waals surface area contributed by atoms with Crippen molar-refractivity contribution in [2.24, 2.45) is 0 Å². The van der Waals surface area contributed by atoms with E-state index in [0.29, 0.717) is 34.6 Å². The Hall–Kier alpha value is -3.44. The van der Waals surface area contributed by atoms with Crippen LogP contribution in [0.3, 0.4) is 0 Å². The zero-order valence-electron chi connectivity index (χ0n) is 20.4. The number of aromatic nitrogens is 1. The third kappa shape index (κ3) is 4.11. The van der Waals surface area contributed by atoms with E-state index in [1.54, 1.807) is 24.3 Å². The predicted molar refractivity (Wildman–Crippen MR) is 141 cm³/mol. The lowest BCUT2D eigenvalue weighted by molar-refractivity contribution is 0.0663. The summed E-state index contributed by atoms with van der Waals surface area (Å²) in [5.41, 5.74) is 3.54. The first-order valence-corrected chi connectivity index (χ1v) is 12.7. The van der Waals surface area contributed by atoms with Gasteiger partial charge in [0.2, 0.25) is 0 Å². The fourth-order valence-corrected chi connectivity index (χ4v) is 5.76. The van der Waals surface area contributed by atoms with Gasteiger partial charge in [-0.1, -0.05) is 61.0 Å². The smallest absolute Gasteiger partial charge is 0.265 e.